The fourth-order valence-corrected chi connectivity index (χ4v) is 1.78. The second kappa shape index (κ2) is 7.25. The predicted molar refractivity (Wildman–Crippen MR) is 67.4 cm³/mol. The summed E-state index contributed by atoms with van der Waals surface area (Å²) < 4.78 is 5.03. The zero-order chi connectivity index (χ0) is 12.7. The number of nitrogens with zero attached hydrogens (tertiary/aromatic N) is 1. The van der Waals surface area contributed by atoms with Crippen LogP contribution in [0, 0.1) is 6.92 Å². The smallest absolute Gasteiger partial charge is 0.253 e. The highest BCUT2D eigenvalue weighted by atomic mass is 35.5. The van der Waals surface area contributed by atoms with Crippen LogP contribution in [0.2, 0.25) is 0 Å². The van der Waals surface area contributed by atoms with Gasteiger partial charge in [-0.2, -0.15) is 0 Å². The van der Waals surface area contributed by atoms with Crippen molar-refractivity contribution >= 4 is 17.5 Å². The minimum atomic E-state index is -0.136. The van der Waals surface area contributed by atoms with Gasteiger partial charge in [0.05, 0.1) is 18.2 Å². The first-order chi connectivity index (χ1) is 8.19. The minimum Gasteiger partial charge on any atom is -0.383 e. The number of methoxy groups -OCH3 is 1. The number of nitrogens with one attached hydrogen (secondary N) is 1. The van der Waals surface area contributed by atoms with Gasteiger partial charge in [0.1, 0.15) is 0 Å². The lowest BCUT2D eigenvalue weighted by atomic mass is 10.1. The summed E-state index contributed by atoms with van der Waals surface area (Å²) in [5.74, 6) is 0.350. The van der Waals surface area contributed by atoms with Gasteiger partial charge in [-0.3, -0.25) is 9.78 Å². The van der Waals surface area contributed by atoms with E-state index in [-0.39, 0.29) is 11.9 Å². The maximum absolute atomic E-state index is 12.0. The van der Waals surface area contributed by atoms with Crippen LogP contribution in [0.3, 0.4) is 0 Å². The molecule has 0 aliphatic rings. The number of amides is 1. The van der Waals surface area contributed by atoms with Crippen molar-refractivity contribution in [2.45, 2.75) is 19.4 Å². The predicted octanol–water partition coefficient (Wildman–Crippen LogP) is 1.76. The first-order valence-corrected chi connectivity index (χ1v) is 6.00. The van der Waals surface area contributed by atoms with Gasteiger partial charge in [-0.1, -0.05) is 0 Å². The highest BCUT2D eigenvalue weighted by molar-refractivity contribution is 6.17. The Hall–Kier alpha value is -1.13. The maximum atomic E-state index is 12.0. The summed E-state index contributed by atoms with van der Waals surface area (Å²) in [6, 6.07) is 3.43. The first-order valence-electron chi connectivity index (χ1n) is 5.46. The lowest BCUT2D eigenvalue weighted by Gasteiger charge is -2.17. The van der Waals surface area contributed by atoms with E-state index in [9.17, 15) is 4.79 Å². The lowest BCUT2D eigenvalue weighted by molar-refractivity contribution is 0.0894. The third-order valence-corrected chi connectivity index (χ3v) is 2.63. The molecule has 0 aliphatic heterocycles. The first kappa shape index (κ1) is 13.9. The summed E-state index contributed by atoms with van der Waals surface area (Å²) in [7, 11) is 1.60. The quantitative estimate of drug-likeness (QED) is 0.789. The molecule has 0 aliphatic carbocycles. The third kappa shape index (κ3) is 4.32. The van der Waals surface area contributed by atoms with Crippen molar-refractivity contribution in [3.8, 4) is 0 Å². The largest absolute Gasteiger partial charge is 0.383 e. The Morgan fingerprint density at radius 3 is 3.00 bits per heavy atom. The molecule has 17 heavy (non-hydrogen) atoms. The Kier molecular flexibility index (Phi) is 5.94. The second-order valence-electron chi connectivity index (χ2n) is 3.74. The van der Waals surface area contributed by atoms with Crippen LogP contribution < -0.4 is 5.32 Å². The van der Waals surface area contributed by atoms with Crippen molar-refractivity contribution in [3.63, 3.8) is 0 Å². The Morgan fingerprint density at radius 2 is 2.41 bits per heavy atom. The second-order valence-corrected chi connectivity index (χ2v) is 4.12. The molecule has 1 amide bonds. The van der Waals surface area contributed by atoms with Crippen molar-refractivity contribution in [2.75, 3.05) is 19.6 Å². The fourth-order valence-electron chi connectivity index (χ4n) is 1.52. The molecule has 94 valence electrons. The fraction of sp³-hybridized carbons (Fsp3) is 0.500. The molecule has 1 heterocycles. The summed E-state index contributed by atoms with van der Waals surface area (Å²) in [5, 5.41) is 2.89. The number of aryl methyl sites for hydroxylation is 1. The van der Waals surface area contributed by atoms with E-state index >= 15 is 0 Å². The van der Waals surface area contributed by atoms with E-state index in [4.69, 9.17) is 16.3 Å². The van der Waals surface area contributed by atoms with Crippen LogP contribution in [-0.2, 0) is 4.74 Å². The Morgan fingerprint density at radius 1 is 1.65 bits per heavy atom. The number of rotatable bonds is 6. The van der Waals surface area contributed by atoms with Gasteiger partial charge >= 0.3 is 0 Å². The van der Waals surface area contributed by atoms with Gasteiger partial charge in [-0.15, -0.1) is 11.6 Å². The third-order valence-electron chi connectivity index (χ3n) is 2.41. The average molecular weight is 257 g/mol. The highest BCUT2D eigenvalue weighted by Crippen LogP contribution is 2.05. The van der Waals surface area contributed by atoms with Crippen molar-refractivity contribution in [1.82, 2.24) is 10.3 Å². The molecule has 5 heteroatoms. The van der Waals surface area contributed by atoms with E-state index < -0.39 is 0 Å². The van der Waals surface area contributed by atoms with E-state index in [2.05, 4.69) is 10.3 Å². The summed E-state index contributed by atoms with van der Waals surface area (Å²) in [4.78, 5) is 16.1. The van der Waals surface area contributed by atoms with Crippen molar-refractivity contribution < 1.29 is 9.53 Å². The van der Waals surface area contributed by atoms with E-state index in [0.29, 0.717) is 30.2 Å². The lowest BCUT2D eigenvalue weighted by Crippen LogP contribution is -2.38. The van der Waals surface area contributed by atoms with Crippen LogP contribution in [0.25, 0.3) is 0 Å². The summed E-state index contributed by atoms with van der Waals surface area (Å²) in [6.07, 6.45) is 2.35. The summed E-state index contributed by atoms with van der Waals surface area (Å²) in [5.41, 5.74) is 1.30. The Balaban J connectivity index is 2.67. The van der Waals surface area contributed by atoms with Crippen LogP contribution in [0.1, 0.15) is 22.5 Å². The van der Waals surface area contributed by atoms with Gasteiger partial charge < -0.3 is 10.1 Å². The van der Waals surface area contributed by atoms with E-state index in [1.54, 1.807) is 25.4 Å². The molecule has 0 saturated carbocycles. The molecule has 1 aromatic heterocycles. The number of hydrogen-bond acceptors (Lipinski definition) is 3. The average Bonchev–Trinajstić information content (AvgIpc) is 2.30. The van der Waals surface area contributed by atoms with Crippen LogP contribution in [0.5, 0.6) is 0 Å². The molecule has 1 rings (SSSR count). The summed E-state index contributed by atoms with van der Waals surface area (Å²) in [6.45, 7) is 2.26. The molecule has 4 nitrogen and oxygen atoms in total. The molecule has 1 aromatic rings. The van der Waals surface area contributed by atoms with Crippen molar-refractivity contribution in [2.24, 2.45) is 0 Å². The Bertz CT molecular complexity index is 365. The zero-order valence-electron chi connectivity index (χ0n) is 10.1. The standard InChI is InChI=1S/C12H17ClN2O2/c1-9-11(4-3-7-14-9)12(16)15-10(5-6-13)8-17-2/h3-4,7,10H,5-6,8H2,1-2H3,(H,15,16). The van der Waals surface area contributed by atoms with Crippen LogP contribution in [-0.4, -0.2) is 36.5 Å². The SMILES string of the molecule is COCC(CCCl)NC(=O)c1cccnc1C. The highest BCUT2D eigenvalue weighted by Gasteiger charge is 2.14. The number of carbonyl (C=O) groups is 1. The molecular weight excluding hydrogens is 240 g/mol. The number of carbonyl (C=O) groups excluding carboxylic acids is 1. The number of halogens is 1. The number of ether oxygens (including phenoxy) is 1. The molecule has 0 saturated heterocycles. The van der Waals surface area contributed by atoms with Gasteiger partial charge in [-0.05, 0) is 25.5 Å². The number of alkyl halides is 1. The molecule has 0 fully saturated rings. The number of aromatic nitrogens is 1. The molecular formula is C12H17ClN2O2. The molecule has 0 aromatic carbocycles. The number of hydrogen-bond donors (Lipinski definition) is 1. The van der Waals surface area contributed by atoms with Crippen LogP contribution in [0.15, 0.2) is 18.3 Å². The van der Waals surface area contributed by atoms with Crippen molar-refractivity contribution in [1.29, 1.82) is 0 Å². The minimum absolute atomic E-state index is 0.0652. The molecule has 1 N–H and O–H groups in total. The van der Waals surface area contributed by atoms with E-state index in [0.717, 1.165) is 0 Å². The van der Waals surface area contributed by atoms with Crippen LogP contribution >= 0.6 is 11.6 Å². The monoisotopic (exact) mass is 256 g/mol. The van der Waals surface area contributed by atoms with Gasteiger partial charge in [0, 0.05) is 24.9 Å². The molecule has 0 radical (unpaired) electrons. The van der Waals surface area contributed by atoms with Crippen molar-refractivity contribution in [3.05, 3.63) is 29.6 Å². The van der Waals surface area contributed by atoms with Gasteiger partial charge in [0.2, 0.25) is 0 Å². The summed E-state index contributed by atoms with van der Waals surface area (Å²) >= 11 is 5.67. The van der Waals surface area contributed by atoms with Gasteiger partial charge in [-0.25, -0.2) is 0 Å². The Labute approximate surface area is 106 Å². The number of pyridine rings is 1. The maximum Gasteiger partial charge on any atom is 0.253 e. The molecule has 1 unspecified atom stereocenters. The van der Waals surface area contributed by atoms with Gasteiger partial charge in [0.25, 0.3) is 5.91 Å². The molecule has 1 atom stereocenters. The van der Waals surface area contributed by atoms with E-state index in [1.807, 2.05) is 6.92 Å². The topological polar surface area (TPSA) is 51.2 Å². The van der Waals surface area contributed by atoms with E-state index in [1.165, 1.54) is 0 Å². The van der Waals surface area contributed by atoms with Crippen LogP contribution in [0.4, 0.5) is 0 Å². The normalized spacial score (nSPS) is 12.2. The zero-order valence-corrected chi connectivity index (χ0v) is 10.8. The van der Waals surface area contributed by atoms with Gasteiger partial charge in [0.15, 0.2) is 0 Å². The molecule has 0 spiro atoms. The molecule has 0 bridgehead atoms.